The highest BCUT2D eigenvalue weighted by Gasteiger charge is 2.42. The summed E-state index contributed by atoms with van der Waals surface area (Å²) in [7, 11) is 0. The Labute approximate surface area is 111 Å². The molecule has 9 nitrogen and oxygen atoms in total. The Kier molecular flexibility index (Phi) is 2.53. The number of H-pyrrole nitrogens is 1. The van der Waals surface area contributed by atoms with Crippen LogP contribution in [0.1, 0.15) is 0 Å². The molecular formula is C11H8N4O5. The molecule has 0 saturated heterocycles. The minimum absolute atomic E-state index is 0.159. The largest absolute Gasteiger partial charge is 0.446 e. The number of nitrogens with one attached hydrogen (secondary N) is 1. The van der Waals surface area contributed by atoms with Gasteiger partial charge in [-0.15, -0.1) is 0 Å². The summed E-state index contributed by atoms with van der Waals surface area (Å²) < 4.78 is 5.22. The number of hydrogen-bond donors (Lipinski definition) is 1. The van der Waals surface area contributed by atoms with Crippen molar-refractivity contribution in [3.63, 3.8) is 0 Å². The van der Waals surface area contributed by atoms with Crippen LogP contribution >= 0.6 is 0 Å². The molecule has 1 atom stereocenters. The summed E-state index contributed by atoms with van der Waals surface area (Å²) in [6.45, 7) is 0. The van der Waals surface area contributed by atoms with Crippen LogP contribution in [0, 0.1) is 20.2 Å². The summed E-state index contributed by atoms with van der Waals surface area (Å²) in [6, 6.07) is 7.14. The van der Waals surface area contributed by atoms with E-state index in [4.69, 9.17) is 4.74 Å². The molecule has 1 aromatic carbocycles. The maximum absolute atomic E-state index is 11.1. The number of aromatic amines is 1. The Bertz CT molecular complexity index is 684. The van der Waals surface area contributed by atoms with Gasteiger partial charge in [0.25, 0.3) is 5.69 Å². The molecule has 0 fully saturated rings. The number of ether oxygens (including phenoxy) is 1. The van der Waals surface area contributed by atoms with Crippen LogP contribution in [-0.2, 0) is 0 Å². The molecule has 2 aromatic rings. The molecule has 0 amide bonds. The monoisotopic (exact) mass is 276 g/mol. The minimum atomic E-state index is -1.45. The number of benzene rings is 1. The lowest BCUT2D eigenvalue weighted by Gasteiger charge is -2.16. The van der Waals surface area contributed by atoms with Gasteiger partial charge in [0.1, 0.15) is 11.5 Å². The number of hydrogen-bond acceptors (Lipinski definition) is 6. The van der Waals surface area contributed by atoms with Crippen LogP contribution in [0.2, 0.25) is 0 Å². The van der Waals surface area contributed by atoms with Crippen molar-refractivity contribution in [1.82, 2.24) is 4.98 Å². The summed E-state index contributed by atoms with van der Waals surface area (Å²) in [6.07, 6.45) is 0.146. The van der Waals surface area contributed by atoms with Gasteiger partial charge in [0.15, 0.2) is 5.75 Å². The average Bonchev–Trinajstić information content (AvgIpc) is 3.03. The number of nitrogens with zero attached hydrogens (tertiary/aromatic N) is 3. The lowest BCUT2D eigenvalue weighted by molar-refractivity contribution is -0.557. The van der Waals surface area contributed by atoms with Gasteiger partial charge in [-0.05, 0) is 18.2 Å². The molecule has 3 rings (SSSR count). The van der Waals surface area contributed by atoms with Crippen molar-refractivity contribution in [2.24, 2.45) is 0 Å². The molecule has 1 aliphatic heterocycles. The second kappa shape index (κ2) is 4.23. The highest BCUT2D eigenvalue weighted by Crippen LogP contribution is 2.43. The second-order valence-corrected chi connectivity index (χ2v) is 4.06. The first-order chi connectivity index (χ1) is 9.58. The van der Waals surface area contributed by atoms with E-state index in [0.717, 1.165) is 0 Å². The van der Waals surface area contributed by atoms with E-state index in [9.17, 15) is 20.2 Å². The zero-order valence-corrected chi connectivity index (χ0v) is 9.92. The molecule has 0 bridgehead atoms. The third kappa shape index (κ3) is 1.72. The average molecular weight is 276 g/mol. The van der Waals surface area contributed by atoms with E-state index in [0.29, 0.717) is 5.82 Å². The molecule has 0 unspecified atom stereocenters. The fraction of sp³-hybridized carbons (Fsp3) is 0.0909. The molecule has 0 aliphatic carbocycles. The third-order valence-corrected chi connectivity index (χ3v) is 2.89. The first kappa shape index (κ1) is 12.0. The Hall–Kier alpha value is -3.10. The molecule has 1 aromatic heterocycles. The molecule has 0 spiro atoms. The van der Waals surface area contributed by atoms with Crippen LogP contribution in [0.3, 0.4) is 0 Å². The van der Waals surface area contributed by atoms with Crippen LogP contribution in [-0.4, -0.2) is 21.2 Å². The zero-order chi connectivity index (χ0) is 14.3. The van der Waals surface area contributed by atoms with Crippen molar-refractivity contribution in [3.8, 4) is 5.75 Å². The number of anilines is 2. The minimum Gasteiger partial charge on any atom is -0.411 e. The molecule has 0 radical (unpaired) electrons. The fourth-order valence-electron chi connectivity index (χ4n) is 2.05. The first-order valence-electron chi connectivity index (χ1n) is 5.59. The van der Waals surface area contributed by atoms with E-state index in [1.807, 2.05) is 0 Å². The van der Waals surface area contributed by atoms with Crippen LogP contribution < -0.4 is 9.64 Å². The van der Waals surface area contributed by atoms with Gasteiger partial charge in [-0.25, -0.2) is 4.90 Å². The van der Waals surface area contributed by atoms with Crippen LogP contribution in [0.15, 0.2) is 36.5 Å². The van der Waals surface area contributed by atoms with Crippen molar-refractivity contribution < 1.29 is 14.6 Å². The van der Waals surface area contributed by atoms with E-state index >= 15 is 0 Å². The number of fused-ring (bicyclic) bond motifs is 1. The van der Waals surface area contributed by atoms with Gasteiger partial charge in [-0.1, -0.05) is 0 Å². The summed E-state index contributed by atoms with van der Waals surface area (Å²) in [5, 5.41) is 21.9. The summed E-state index contributed by atoms with van der Waals surface area (Å²) >= 11 is 0. The normalized spacial score (nSPS) is 16.6. The smallest absolute Gasteiger partial charge is 0.411 e. The molecule has 2 heterocycles. The van der Waals surface area contributed by atoms with Gasteiger partial charge in [0.2, 0.25) is 0 Å². The third-order valence-electron chi connectivity index (χ3n) is 2.89. The lowest BCUT2D eigenvalue weighted by Crippen LogP contribution is -2.37. The highest BCUT2D eigenvalue weighted by atomic mass is 16.7. The lowest BCUT2D eigenvalue weighted by atomic mass is 10.2. The van der Waals surface area contributed by atoms with E-state index in [-0.39, 0.29) is 17.1 Å². The van der Waals surface area contributed by atoms with Gasteiger partial charge in [-0.2, -0.15) is 0 Å². The van der Waals surface area contributed by atoms with Crippen LogP contribution in [0.5, 0.6) is 5.75 Å². The Morgan fingerprint density at radius 3 is 2.65 bits per heavy atom. The van der Waals surface area contributed by atoms with Gasteiger partial charge in [0, 0.05) is 18.3 Å². The maximum atomic E-state index is 11.1. The summed E-state index contributed by atoms with van der Waals surface area (Å²) in [5.41, 5.74) is 0.122. The van der Waals surface area contributed by atoms with Crippen molar-refractivity contribution in [1.29, 1.82) is 0 Å². The molecule has 20 heavy (non-hydrogen) atoms. The SMILES string of the molecule is O=[N+]([O-])c1ccc2c(c1)N(c1ccc[nH]1)[C@@H]([N+](=O)[O-])O2. The van der Waals surface area contributed by atoms with E-state index in [2.05, 4.69) is 4.98 Å². The van der Waals surface area contributed by atoms with Crippen molar-refractivity contribution >= 4 is 17.2 Å². The van der Waals surface area contributed by atoms with Gasteiger partial charge >= 0.3 is 6.35 Å². The van der Waals surface area contributed by atoms with Crippen LogP contribution in [0.4, 0.5) is 17.2 Å². The number of nitro groups is 2. The summed E-state index contributed by atoms with van der Waals surface area (Å²) in [5.74, 6) is 0.651. The van der Waals surface area contributed by atoms with Gasteiger partial charge in [0.05, 0.1) is 9.85 Å². The molecule has 9 heteroatoms. The quantitative estimate of drug-likeness (QED) is 0.677. The molecule has 102 valence electrons. The van der Waals surface area contributed by atoms with Crippen molar-refractivity contribution in [2.45, 2.75) is 6.35 Å². The molecule has 1 aliphatic rings. The van der Waals surface area contributed by atoms with Crippen LogP contribution in [0.25, 0.3) is 0 Å². The van der Waals surface area contributed by atoms with E-state index < -0.39 is 16.2 Å². The Morgan fingerprint density at radius 2 is 2.05 bits per heavy atom. The standard InChI is InChI=1S/C11H8N4O5/c16-14(17)7-3-4-9-8(6-7)13(10-2-1-5-12-10)11(20-9)15(18)19/h1-6,11-12H/t11-/m0/s1. The number of nitro benzene ring substituents is 1. The van der Waals surface area contributed by atoms with E-state index in [1.54, 1.807) is 18.3 Å². The number of rotatable bonds is 3. The predicted octanol–water partition coefficient (Wildman–Crippen LogP) is 2.01. The zero-order valence-electron chi connectivity index (χ0n) is 9.92. The first-order valence-corrected chi connectivity index (χ1v) is 5.59. The highest BCUT2D eigenvalue weighted by molar-refractivity contribution is 5.72. The maximum Gasteiger partial charge on any atom is 0.446 e. The van der Waals surface area contributed by atoms with Gasteiger partial charge < -0.3 is 9.72 Å². The molecule has 1 N–H and O–H groups in total. The molecule has 0 saturated carbocycles. The fourth-order valence-corrected chi connectivity index (χ4v) is 2.05. The number of non-ortho nitro benzene ring substituents is 1. The number of aromatic nitrogens is 1. The second-order valence-electron chi connectivity index (χ2n) is 4.06. The predicted molar refractivity (Wildman–Crippen MR) is 67.4 cm³/mol. The Morgan fingerprint density at radius 1 is 1.25 bits per heavy atom. The van der Waals surface area contributed by atoms with Crippen molar-refractivity contribution in [3.05, 3.63) is 56.8 Å². The Balaban J connectivity index is 2.13. The van der Waals surface area contributed by atoms with Crippen molar-refractivity contribution in [2.75, 3.05) is 4.90 Å². The molecular weight excluding hydrogens is 268 g/mol. The van der Waals surface area contributed by atoms with E-state index in [1.165, 1.54) is 23.1 Å². The van der Waals surface area contributed by atoms with Gasteiger partial charge in [-0.3, -0.25) is 20.2 Å². The summed E-state index contributed by atoms with van der Waals surface area (Å²) in [4.78, 5) is 24.8. The topological polar surface area (TPSA) is 115 Å².